The molecule has 2 unspecified atom stereocenters. The second kappa shape index (κ2) is 11.9. The standard InChI is InChI=1S/C52H34O/c1-2-14-35-30-36(27-26-33(35)12-1)37-28-29-46-48(32-37)50(44-20-5-6-21-45(44)51(46)43-23-10-15-34-13-3-4-18-40(34)43)39-17-9-16-38(31-39)41-22-11-24-47-42-19-7-8-25-49(42)53-52(41)47/h1-32,42,49H. The fourth-order valence-electron chi connectivity index (χ4n) is 8.91. The summed E-state index contributed by atoms with van der Waals surface area (Å²) in [4.78, 5) is 0. The van der Waals surface area contributed by atoms with Gasteiger partial charge in [0.2, 0.25) is 0 Å². The van der Waals surface area contributed by atoms with Crippen LogP contribution in [0.2, 0.25) is 0 Å². The molecule has 1 heterocycles. The van der Waals surface area contributed by atoms with Crippen molar-refractivity contribution in [2.75, 3.05) is 0 Å². The molecule has 53 heavy (non-hydrogen) atoms. The average Bonchev–Trinajstić information content (AvgIpc) is 3.61. The minimum atomic E-state index is 0.0439. The zero-order valence-corrected chi connectivity index (χ0v) is 29.0. The first-order valence-corrected chi connectivity index (χ1v) is 18.5. The Kier molecular flexibility index (Phi) is 6.75. The second-order valence-electron chi connectivity index (χ2n) is 14.3. The summed E-state index contributed by atoms with van der Waals surface area (Å²) in [6.07, 6.45) is 8.71. The quantitative estimate of drug-likeness (QED) is 0.169. The largest absolute Gasteiger partial charge is 0.484 e. The molecule has 2 aliphatic rings. The normalized spacial score (nSPS) is 15.9. The van der Waals surface area contributed by atoms with E-state index in [-0.39, 0.29) is 12.0 Å². The fraction of sp³-hybridized carbons (Fsp3) is 0.0385. The van der Waals surface area contributed by atoms with E-state index in [1.807, 2.05) is 0 Å². The first-order valence-electron chi connectivity index (χ1n) is 18.5. The number of para-hydroxylation sites is 1. The van der Waals surface area contributed by atoms with Crippen molar-refractivity contribution >= 4 is 43.1 Å². The third-order valence-corrected chi connectivity index (χ3v) is 11.4. The predicted octanol–water partition coefficient (Wildman–Crippen LogP) is 13.9. The van der Waals surface area contributed by atoms with Crippen molar-refractivity contribution in [2.45, 2.75) is 12.0 Å². The van der Waals surface area contributed by atoms with E-state index in [0.717, 1.165) is 16.9 Å². The lowest BCUT2D eigenvalue weighted by Crippen LogP contribution is -2.15. The summed E-state index contributed by atoms with van der Waals surface area (Å²) in [5, 5.41) is 9.99. The van der Waals surface area contributed by atoms with Gasteiger partial charge in [0, 0.05) is 17.0 Å². The molecule has 11 rings (SSSR count). The van der Waals surface area contributed by atoms with Gasteiger partial charge in [-0.15, -0.1) is 0 Å². The molecular weight excluding hydrogens is 641 g/mol. The number of benzene rings is 9. The summed E-state index contributed by atoms with van der Waals surface area (Å²) in [6, 6.07) is 62.6. The van der Waals surface area contributed by atoms with Crippen LogP contribution >= 0.6 is 0 Å². The van der Waals surface area contributed by atoms with Crippen molar-refractivity contribution in [1.82, 2.24) is 0 Å². The Balaban J connectivity index is 1.19. The number of hydrogen-bond donors (Lipinski definition) is 0. The van der Waals surface area contributed by atoms with Crippen molar-refractivity contribution in [3.8, 4) is 50.3 Å². The monoisotopic (exact) mass is 674 g/mol. The molecule has 0 fully saturated rings. The molecule has 0 amide bonds. The Labute approximate surface area is 308 Å². The maximum absolute atomic E-state index is 6.64. The molecule has 0 saturated heterocycles. The van der Waals surface area contributed by atoms with E-state index in [1.54, 1.807) is 0 Å². The van der Waals surface area contributed by atoms with Crippen LogP contribution in [0.1, 0.15) is 11.5 Å². The summed E-state index contributed by atoms with van der Waals surface area (Å²) >= 11 is 0. The van der Waals surface area contributed by atoms with Crippen LogP contribution in [-0.4, -0.2) is 6.10 Å². The Morgan fingerprint density at radius 2 is 1.00 bits per heavy atom. The molecule has 0 N–H and O–H groups in total. The molecule has 9 aromatic rings. The van der Waals surface area contributed by atoms with Gasteiger partial charge in [-0.05, 0) is 106 Å². The van der Waals surface area contributed by atoms with Crippen LogP contribution in [0.3, 0.4) is 0 Å². The Morgan fingerprint density at radius 3 is 1.91 bits per heavy atom. The summed E-state index contributed by atoms with van der Waals surface area (Å²) < 4.78 is 6.64. The first kappa shape index (κ1) is 30.0. The van der Waals surface area contributed by atoms with E-state index in [4.69, 9.17) is 4.74 Å². The highest BCUT2D eigenvalue weighted by Crippen LogP contribution is 2.49. The van der Waals surface area contributed by atoms with E-state index in [0.29, 0.717) is 0 Å². The minimum Gasteiger partial charge on any atom is -0.484 e. The van der Waals surface area contributed by atoms with Crippen LogP contribution in [0.15, 0.2) is 194 Å². The smallest absolute Gasteiger partial charge is 0.132 e. The van der Waals surface area contributed by atoms with Gasteiger partial charge in [-0.25, -0.2) is 0 Å². The van der Waals surface area contributed by atoms with Crippen molar-refractivity contribution in [2.24, 2.45) is 0 Å². The second-order valence-corrected chi connectivity index (χ2v) is 14.3. The molecule has 0 radical (unpaired) electrons. The Bertz CT molecular complexity index is 2990. The zero-order chi connectivity index (χ0) is 34.9. The highest BCUT2D eigenvalue weighted by Gasteiger charge is 2.33. The van der Waals surface area contributed by atoms with Crippen molar-refractivity contribution < 1.29 is 4.74 Å². The summed E-state index contributed by atoms with van der Waals surface area (Å²) in [7, 11) is 0. The Hall–Kier alpha value is -6.70. The highest BCUT2D eigenvalue weighted by atomic mass is 16.5. The molecule has 0 spiro atoms. The molecule has 1 nitrogen and oxygen atoms in total. The average molecular weight is 675 g/mol. The van der Waals surface area contributed by atoms with Crippen LogP contribution < -0.4 is 4.74 Å². The lowest BCUT2D eigenvalue weighted by molar-refractivity contribution is 0.270. The molecular formula is C52H34O. The molecule has 2 atom stereocenters. The maximum Gasteiger partial charge on any atom is 0.132 e. The van der Waals surface area contributed by atoms with Gasteiger partial charge in [-0.1, -0.05) is 170 Å². The predicted molar refractivity (Wildman–Crippen MR) is 224 cm³/mol. The van der Waals surface area contributed by atoms with Crippen LogP contribution in [0.5, 0.6) is 5.75 Å². The van der Waals surface area contributed by atoms with Crippen LogP contribution in [0.25, 0.3) is 87.6 Å². The van der Waals surface area contributed by atoms with Crippen molar-refractivity contribution in [3.63, 3.8) is 0 Å². The van der Waals surface area contributed by atoms with Crippen LogP contribution in [-0.2, 0) is 0 Å². The van der Waals surface area contributed by atoms with Crippen LogP contribution in [0.4, 0.5) is 0 Å². The van der Waals surface area contributed by atoms with Gasteiger partial charge in [-0.3, -0.25) is 0 Å². The fourth-order valence-corrected chi connectivity index (χ4v) is 8.91. The lowest BCUT2D eigenvalue weighted by Gasteiger charge is -2.20. The molecule has 248 valence electrons. The minimum absolute atomic E-state index is 0.0439. The van der Waals surface area contributed by atoms with Gasteiger partial charge in [0.15, 0.2) is 0 Å². The van der Waals surface area contributed by atoms with Gasteiger partial charge in [0.05, 0.1) is 0 Å². The molecule has 0 saturated carbocycles. The molecule has 1 aliphatic carbocycles. The van der Waals surface area contributed by atoms with E-state index in [9.17, 15) is 0 Å². The molecule has 9 aromatic carbocycles. The summed E-state index contributed by atoms with van der Waals surface area (Å²) in [6.45, 7) is 0. The zero-order valence-electron chi connectivity index (χ0n) is 29.0. The number of allylic oxidation sites excluding steroid dienone is 2. The van der Waals surface area contributed by atoms with E-state index in [1.165, 1.54) is 82.0 Å². The van der Waals surface area contributed by atoms with E-state index in [2.05, 4.69) is 194 Å². The SMILES string of the molecule is C1=CC2Oc3c(-c4cccc(-c5c6ccccc6c(-c6cccc7ccccc67)c6ccc(-c7ccc8ccccc8c7)cc56)c4)cccc3C2C=C1. The molecule has 1 heteroatoms. The summed E-state index contributed by atoms with van der Waals surface area (Å²) in [5.74, 6) is 1.25. The topological polar surface area (TPSA) is 9.23 Å². The number of ether oxygens (including phenoxy) is 1. The van der Waals surface area contributed by atoms with Gasteiger partial charge < -0.3 is 4.74 Å². The first-order chi connectivity index (χ1) is 26.3. The number of hydrogen-bond acceptors (Lipinski definition) is 1. The molecule has 0 bridgehead atoms. The van der Waals surface area contributed by atoms with E-state index >= 15 is 0 Å². The molecule has 1 aliphatic heterocycles. The van der Waals surface area contributed by atoms with Gasteiger partial charge in [0.1, 0.15) is 11.9 Å². The van der Waals surface area contributed by atoms with Crippen molar-refractivity contribution in [1.29, 1.82) is 0 Å². The lowest BCUT2D eigenvalue weighted by atomic mass is 9.83. The van der Waals surface area contributed by atoms with Gasteiger partial charge in [0.25, 0.3) is 0 Å². The van der Waals surface area contributed by atoms with Crippen molar-refractivity contribution in [3.05, 3.63) is 200 Å². The Morgan fingerprint density at radius 1 is 0.358 bits per heavy atom. The van der Waals surface area contributed by atoms with Crippen LogP contribution in [0, 0.1) is 0 Å². The number of rotatable bonds is 4. The third-order valence-electron chi connectivity index (χ3n) is 11.4. The van der Waals surface area contributed by atoms with Gasteiger partial charge >= 0.3 is 0 Å². The maximum atomic E-state index is 6.64. The highest BCUT2D eigenvalue weighted by molar-refractivity contribution is 6.24. The summed E-state index contributed by atoms with van der Waals surface area (Å²) in [5.41, 5.74) is 10.9. The van der Waals surface area contributed by atoms with Gasteiger partial charge in [-0.2, -0.15) is 0 Å². The third kappa shape index (κ3) is 4.78. The molecule has 0 aromatic heterocycles. The van der Waals surface area contributed by atoms with E-state index < -0.39 is 0 Å². The number of fused-ring (bicyclic) bond motifs is 7.